The van der Waals surface area contributed by atoms with Crippen LogP contribution in [0.25, 0.3) is 22.3 Å². The number of anilines is 2. The molecule has 4 aromatic rings. The van der Waals surface area contributed by atoms with Gasteiger partial charge in [-0.3, -0.25) is 14.8 Å². The first-order valence-electron chi connectivity index (χ1n) is 11.2. The van der Waals surface area contributed by atoms with E-state index in [-0.39, 0.29) is 11.6 Å². The van der Waals surface area contributed by atoms with Gasteiger partial charge in [0.1, 0.15) is 5.69 Å². The average Bonchev–Trinajstić information content (AvgIpc) is 2.89. The quantitative estimate of drug-likeness (QED) is 0.444. The first-order valence-corrected chi connectivity index (χ1v) is 11.2. The molecule has 170 valence electrons. The van der Waals surface area contributed by atoms with Gasteiger partial charge < -0.3 is 20.1 Å². The lowest BCUT2D eigenvalue weighted by Gasteiger charge is -2.37. The number of amides is 1. The van der Waals surface area contributed by atoms with Crippen LogP contribution in [0.3, 0.4) is 0 Å². The molecular formula is C24H24BN7O2. The van der Waals surface area contributed by atoms with Crippen molar-refractivity contribution in [1.29, 1.82) is 0 Å². The summed E-state index contributed by atoms with van der Waals surface area (Å²) < 4.78 is 0. The van der Waals surface area contributed by atoms with Crippen molar-refractivity contribution in [3.05, 3.63) is 72.9 Å². The smallest absolute Gasteiger partial charge is 0.376 e. The molecule has 0 radical (unpaired) electrons. The third kappa shape index (κ3) is 4.46. The molecule has 1 saturated heterocycles. The number of nitrogens with zero attached hydrogens (tertiary/aromatic N) is 6. The van der Waals surface area contributed by atoms with Crippen LogP contribution >= 0.6 is 0 Å². The van der Waals surface area contributed by atoms with Gasteiger partial charge in [0.05, 0.1) is 23.1 Å². The number of pyridine rings is 2. The number of benzene rings is 1. The summed E-state index contributed by atoms with van der Waals surface area (Å²) in [5.74, 6) is 0.103. The Labute approximate surface area is 197 Å². The molecule has 2 N–H and O–H groups in total. The maximum absolute atomic E-state index is 13.1. The minimum absolute atomic E-state index is 0.256. The van der Waals surface area contributed by atoms with Crippen LogP contribution < -0.4 is 10.2 Å². The maximum atomic E-state index is 13.1. The van der Waals surface area contributed by atoms with E-state index in [4.69, 9.17) is 0 Å². The fourth-order valence-electron chi connectivity index (χ4n) is 4.18. The molecule has 0 bridgehead atoms. The predicted octanol–water partition coefficient (Wildman–Crippen LogP) is 2.57. The lowest BCUT2D eigenvalue weighted by atomic mass is 9.84. The number of aromatic nitrogens is 4. The van der Waals surface area contributed by atoms with E-state index in [1.807, 2.05) is 41.2 Å². The molecule has 0 aliphatic carbocycles. The van der Waals surface area contributed by atoms with Gasteiger partial charge in [-0.2, -0.15) is 0 Å². The number of hydrogen-bond donors (Lipinski definition) is 2. The number of carbonyl (C=O) groups is 1. The van der Waals surface area contributed by atoms with Crippen LogP contribution in [0.15, 0.2) is 67.3 Å². The minimum Gasteiger partial charge on any atom is -0.437 e. The highest BCUT2D eigenvalue weighted by Crippen LogP contribution is 2.27. The first kappa shape index (κ1) is 21.9. The molecule has 1 aliphatic rings. The molecule has 1 amide bonds. The highest BCUT2D eigenvalue weighted by molar-refractivity contribution is 6.45. The number of piperazine rings is 1. The molecular weight excluding hydrogens is 429 g/mol. The Morgan fingerprint density at radius 2 is 1.82 bits per heavy atom. The monoisotopic (exact) mass is 453 g/mol. The van der Waals surface area contributed by atoms with Crippen LogP contribution in [0.1, 0.15) is 10.5 Å². The van der Waals surface area contributed by atoms with Gasteiger partial charge >= 0.3 is 7.05 Å². The van der Waals surface area contributed by atoms with E-state index >= 15 is 0 Å². The van der Waals surface area contributed by atoms with Gasteiger partial charge in [0.2, 0.25) is 0 Å². The van der Waals surface area contributed by atoms with Crippen LogP contribution in [0, 0.1) is 0 Å². The molecule has 1 fully saturated rings. The largest absolute Gasteiger partial charge is 0.437 e. The summed E-state index contributed by atoms with van der Waals surface area (Å²) in [6.07, 6.45) is 6.67. The highest BCUT2D eigenvalue weighted by atomic mass is 16.2. The zero-order valence-electron chi connectivity index (χ0n) is 18.8. The van der Waals surface area contributed by atoms with Crippen LogP contribution in [-0.4, -0.2) is 68.9 Å². The molecule has 1 aliphatic heterocycles. The molecule has 5 rings (SSSR count). The molecule has 3 aromatic heterocycles. The molecule has 0 atom stereocenters. The van der Waals surface area contributed by atoms with E-state index in [0.29, 0.717) is 11.5 Å². The Balaban J connectivity index is 1.38. The van der Waals surface area contributed by atoms with E-state index in [1.165, 1.54) is 0 Å². The van der Waals surface area contributed by atoms with Crippen molar-refractivity contribution < 1.29 is 9.82 Å². The highest BCUT2D eigenvalue weighted by Gasteiger charge is 2.24. The Morgan fingerprint density at radius 3 is 2.65 bits per heavy atom. The van der Waals surface area contributed by atoms with Gasteiger partial charge in [-0.25, -0.2) is 9.97 Å². The molecule has 0 saturated carbocycles. The third-order valence-corrected chi connectivity index (χ3v) is 5.99. The maximum Gasteiger partial charge on any atom is 0.376 e. The second-order valence-electron chi connectivity index (χ2n) is 8.15. The molecule has 0 spiro atoms. The van der Waals surface area contributed by atoms with Gasteiger partial charge in [0.25, 0.3) is 5.91 Å². The summed E-state index contributed by atoms with van der Waals surface area (Å²) in [6, 6.07) is 13.1. The third-order valence-electron chi connectivity index (χ3n) is 5.99. The van der Waals surface area contributed by atoms with Crippen LogP contribution in [0.2, 0.25) is 6.82 Å². The lowest BCUT2D eigenvalue weighted by Crippen LogP contribution is -2.51. The van der Waals surface area contributed by atoms with E-state index < -0.39 is 7.05 Å². The Kier molecular flexibility index (Phi) is 6.15. The number of hydrogen-bond acceptors (Lipinski definition) is 8. The van der Waals surface area contributed by atoms with Gasteiger partial charge in [0.15, 0.2) is 5.82 Å². The summed E-state index contributed by atoms with van der Waals surface area (Å²) in [6.45, 7) is 4.73. The number of nitrogens with one attached hydrogen (secondary N) is 1. The first-order chi connectivity index (χ1) is 16.6. The standard InChI is InChI=1S/C24H24BN7O2/c1-25(34)32-14-12-31(13-15-32)21-8-10-26-16-20(21)30-24(33)19-7-11-28-23(29-19)18-6-2-4-17-5-3-9-27-22(17)18/h2-11,16,34H,12-15H2,1H3,(H,30,33). The van der Waals surface area contributed by atoms with Crippen molar-refractivity contribution in [2.45, 2.75) is 6.82 Å². The number of fused-ring (bicyclic) bond motifs is 1. The molecule has 4 heterocycles. The fourth-order valence-corrected chi connectivity index (χ4v) is 4.18. The summed E-state index contributed by atoms with van der Waals surface area (Å²) in [5, 5.41) is 13.8. The molecule has 10 heteroatoms. The molecule has 1 aromatic carbocycles. The van der Waals surface area contributed by atoms with Crippen LogP contribution in [-0.2, 0) is 0 Å². The predicted molar refractivity (Wildman–Crippen MR) is 133 cm³/mol. The van der Waals surface area contributed by atoms with Crippen LogP contribution in [0.4, 0.5) is 11.4 Å². The number of carbonyl (C=O) groups excluding carboxylic acids is 1. The van der Waals surface area contributed by atoms with Crippen molar-refractivity contribution >= 4 is 35.2 Å². The summed E-state index contributed by atoms with van der Waals surface area (Å²) in [5.41, 5.74) is 3.32. The van der Waals surface area contributed by atoms with E-state index in [0.717, 1.165) is 48.3 Å². The average molecular weight is 453 g/mol. The summed E-state index contributed by atoms with van der Waals surface area (Å²) in [7, 11) is -0.470. The lowest BCUT2D eigenvalue weighted by molar-refractivity contribution is 0.102. The van der Waals surface area contributed by atoms with Crippen molar-refractivity contribution in [3.63, 3.8) is 0 Å². The molecule has 9 nitrogen and oxygen atoms in total. The minimum atomic E-state index is -0.470. The van der Waals surface area contributed by atoms with E-state index in [1.54, 1.807) is 37.7 Å². The summed E-state index contributed by atoms with van der Waals surface area (Å²) in [4.78, 5) is 34.9. The van der Waals surface area contributed by atoms with Gasteiger partial charge in [-0.15, -0.1) is 0 Å². The van der Waals surface area contributed by atoms with Gasteiger partial charge in [-0.05, 0) is 31.1 Å². The Hall–Kier alpha value is -3.89. The fraction of sp³-hybridized carbons (Fsp3) is 0.208. The Bertz CT molecular complexity index is 1320. The molecule has 34 heavy (non-hydrogen) atoms. The van der Waals surface area contributed by atoms with E-state index in [9.17, 15) is 9.82 Å². The topological polar surface area (TPSA) is 107 Å². The van der Waals surface area contributed by atoms with Crippen molar-refractivity contribution in [2.24, 2.45) is 0 Å². The normalized spacial score (nSPS) is 14.2. The second kappa shape index (κ2) is 9.54. The second-order valence-corrected chi connectivity index (χ2v) is 8.15. The Morgan fingerprint density at radius 1 is 1.00 bits per heavy atom. The zero-order chi connectivity index (χ0) is 23.5. The van der Waals surface area contributed by atoms with Crippen molar-refractivity contribution in [2.75, 3.05) is 36.4 Å². The van der Waals surface area contributed by atoms with Gasteiger partial charge in [-0.1, -0.05) is 18.2 Å². The number of para-hydroxylation sites is 1. The SMILES string of the molecule is CB(O)N1CCN(c2ccncc2NC(=O)c2ccnc(-c3cccc4cccnc34)n2)CC1. The van der Waals surface area contributed by atoms with Crippen LogP contribution in [0.5, 0.6) is 0 Å². The number of rotatable bonds is 5. The zero-order valence-corrected chi connectivity index (χ0v) is 18.8. The van der Waals surface area contributed by atoms with Crippen molar-refractivity contribution in [1.82, 2.24) is 24.7 Å². The van der Waals surface area contributed by atoms with Crippen molar-refractivity contribution in [3.8, 4) is 11.4 Å². The summed E-state index contributed by atoms with van der Waals surface area (Å²) >= 11 is 0. The molecule has 0 unspecified atom stereocenters. The van der Waals surface area contributed by atoms with Gasteiger partial charge in [0, 0.05) is 55.7 Å². The van der Waals surface area contributed by atoms with E-state index in [2.05, 4.69) is 30.2 Å².